The molecule has 2 aliphatic heterocycles. The van der Waals surface area contributed by atoms with Crippen molar-refractivity contribution in [2.75, 3.05) is 25.0 Å². The van der Waals surface area contributed by atoms with Gasteiger partial charge in [0.25, 0.3) is 5.91 Å². The number of anilines is 1. The molecule has 1 aromatic heterocycles. The molecule has 1 aromatic carbocycles. The van der Waals surface area contributed by atoms with Crippen molar-refractivity contribution >= 4 is 23.8 Å². The molecule has 0 bridgehead atoms. The predicted octanol–water partition coefficient (Wildman–Crippen LogP) is 2.54. The van der Waals surface area contributed by atoms with Gasteiger partial charge in [0.15, 0.2) is 6.04 Å². The number of benzene rings is 1. The lowest BCUT2D eigenvalue weighted by Gasteiger charge is -2.24. The van der Waals surface area contributed by atoms with E-state index in [-0.39, 0.29) is 17.1 Å². The Morgan fingerprint density at radius 2 is 2.16 bits per heavy atom. The normalized spacial score (nSPS) is 21.6. The molecule has 3 heterocycles. The fraction of sp³-hybridized carbons (Fsp3) is 0.368. The highest BCUT2D eigenvalue weighted by Gasteiger charge is 2.41. The van der Waals surface area contributed by atoms with Crippen molar-refractivity contribution < 1.29 is 27.1 Å². The number of ether oxygens (including phenoxy) is 1. The molecule has 2 atom stereocenters. The monoisotopic (exact) mass is 438 g/mol. The average Bonchev–Trinajstić information content (AvgIpc) is 3.25. The Balaban J connectivity index is 1.43. The highest BCUT2D eigenvalue weighted by molar-refractivity contribution is 6.04. The number of nitrogens with one attached hydrogen (secondary N) is 2. The molecular weight excluding hydrogens is 420 g/mol. The summed E-state index contributed by atoms with van der Waals surface area (Å²) in [5, 5.41) is 9.57. The molecule has 12 heteroatoms. The summed E-state index contributed by atoms with van der Waals surface area (Å²) in [5.74, 6) is -1.10. The molecule has 0 aliphatic carbocycles. The maximum absolute atomic E-state index is 14.5. The number of nitrogens with zero attached hydrogens (tertiary/aromatic N) is 4. The van der Waals surface area contributed by atoms with Crippen LogP contribution in [0.4, 0.5) is 23.2 Å². The van der Waals surface area contributed by atoms with Crippen molar-refractivity contribution in [1.82, 2.24) is 15.1 Å². The number of morpholine rings is 1. The van der Waals surface area contributed by atoms with Crippen molar-refractivity contribution in [3.05, 3.63) is 47.5 Å². The number of rotatable bonds is 3. The molecule has 0 saturated carbocycles. The van der Waals surface area contributed by atoms with Gasteiger partial charge in [0, 0.05) is 37.0 Å². The van der Waals surface area contributed by atoms with Crippen LogP contribution < -0.4 is 10.6 Å². The molecule has 2 aliphatic rings. The number of aromatic nitrogens is 2. The number of alkyl halides is 3. The van der Waals surface area contributed by atoms with E-state index in [1.807, 2.05) is 0 Å². The molecule has 0 radical (unpaired) electrons. The van der Waals surface area contributed by atoms with E-state index in [9.17, 15) is 22.4 Å². The minimum atomic E-state index is -4.50. The first kappa shape index (κ1) is 21.1. The van der Waals surface area contributed by atoms with Gasteiger partial charge in [0.1, 0.15) is 18.0 Å². The summed E-state index contributed by atoms with van der Waals surface area (Å²) in [5.41, 5.74) is 0.689. The quantitative estimate of drug-likeness (QED) is 0.721. The standard InChI is InChI=1S/C19H18F4N6O2/c20-14-5-12(1-2-13(14)15-8-24-3-4-31-15)28-18(30)11-7-27-29(9-11)17-6-16(19(21,22)23)25-10-26-17/h1-2,5,7,9-10,15-16,24H,3-4,6,8H2,(H,28,30)/t15-,16?/m1/s1. The molecule has 1 saturated heterocycles. The third-order valence-electron chi connectivity index (χ3n) is 4.85. The molecule has 1 fully saturated rings. The van der Waals surface area contributed by atoms with E-state index in [1.54, 1.807) is 12.1 Å². The highest BCUT2D eigenvalue weighted by atomic mass is 19.4. The highest BCUT2D eigenvalue weighted by Crippen LogP contribution is 2.27. The first-order valence-corrected chi connectivity index (χ1v) is 9.44. The van der Waals surface area contributed by atoms with Crippen molar-refractivity contribution in [3.8, 4) is 0 Å². The van der Waals surface area contributed by atoms with E-state index < -0.39 is 36.5 Å². The van der Waals surface area contributed by atoms with Gasteiger partial charge in [-0.15, -0.1) is 0 Å². The van der Waals surface area contributed by atoms with E-state index >= 15 is 0 Å². The third-order valence-corrected chi connectivity index (χ3v) is 4.85. The first-order chi connectivity index (χ1) is 14.8. The van der Waals surface area contributed by atoms with E-state index in [1.165, 1.54) is 18.5 Å². The summed E-state index contributed by atoms with van der Waals surface area (Å²) in [6.45, 7) is 1.68. The minimum absolute atomic E-state index is 0.00728. The lowest BCUT2D eigenvalue weighted by Crippen LogP contribution is -2.33. The van der Waals surface area contributed by atoms with Crippen LogP contribution in [-0.2, 0) is 4.74 Å². The van der Waals surface area contributed by atoms with Crippen molar-refractivity contribution in [2.45, 2.75) is 24.7 Å². The number of hydrogen-bond donors (Lipinski definition) is 2. The summed E-state index contributed by atoms with van der Waals surface area (Å²) in [6.07, 6.45) is -2.12. The Morgan fingerprint density at radius 3 is 2.87 bits per heavy atom. The topological polar surface area (TPSA) is 92.9 Å². The third kappa shape index (κ3) is 4.80. The van der Waals surface area contributed by atoms with Gasteiger partial charge in [0.2, 0.25) is 0 Å². The molecule has 164 valence electrons. The molecule has 8 nitrogen and oxygen atoms in total. The van der Waals surface area contributed by atoms with Crippen LogP contribution in [-0.4, -0.2) is 59.8 Å². The van der Waals surface area contributed by atoms with Gasteiger partial charge in [0.05, 0.1) is 24.5 Å². The van der Waals surface area contributed by atoms with E-state index in [2.05, 4.69) is 25.7 Å². The Bertz CT molecular complexity index is 1030. The summed E-state index contributed by atoms with van der Waals surface area (Å²) < 4.78 is 59.7. The van der Waals surface area contributed by atoms with E-state index in [4.69, 9.17) is 4.74 Å². The number of hydrogen-bond acceptors (Lipinski definition) is 6. The van der Waals surface area contributed by atoms with Gasteiger partial charge >= 0.3 is 6.18 Å². The van der Waals surface area contributed by atoms with Crippen LogP contribution in [0.3, 0.4) is 0 Å². The van der Waals surface area contributed by atoms with Crippen LogP contribution in [0.15, 0.2) is 40.6 Å². The number of carbonyl (C=O) groups is 1. The zero-order chi connectivity index (χ0) is 22.0. The molecule has 1 amide bonds. The molecule has 0 spiro atoms. The molecule has 2 N–H and O–H groups in total. The number of carbonyl (C=O) groups excluding carboxylic acids is 1. The summed E-state index contributed by atoms with van der Waals surface area (Å²) >= 11 is 0. The Labute approximate surface area is 174 Å². The van der Waals surface area contributed by atoms with Gasteiger partial charge in [-0.05, 0) is 12.1 Å². The summed E-state index contributed by atoms with van der Waals surface area (Å²) in [4.78, 5) is 19.6. The second kappa shape index (κ2) is 8.55. The van der Waals surface area contributed by atoms with Crippen molar-refractivity contribution in [3.63, 3.8) is 0 Å². The molecule has 31 heavy (non-hydrogen) atoms. The van der Waals surface area contributed by atoms with Crippen LogP contribution in [0.1, 0.15) is 28.4 Å². The molecule has 4 rings (SSSR count). The van der Waals surface area contributed by atoms with Crippen LogP contribution >= 0.6 is 0 Å². The maximum Gasteiger partial charge on any atom is 0.411 e. The van der Waals surface area contributed by atoms with Gasteiger partial charge in [-0.1, -0.05) is 6.07 Å². The van der Waals surface area contributed by atoms with Crippen molar-refractivity contribution in [1.29, 1.82) is 0 Å². The van der Waals surface area contributed by atoms with Crippen LogP contribution in [0, 0.1) is 5.82 Å². The second-order valence-electron chi connectivity index (χ2n) is 7.00. The Morgan fingerprint density at radius 1 is 1.32 bits per heavy atom. The number of aliphatic imine (C=N–C) groups is 2. The van der Waals surface area contributed by atoms with Crippen LogP contribution in [0.25, 0.3) is 0 Å². The lowest BCUT2D eigenvalue weighted by atomic mass is 10.1. The van der Waals surface area contributed by atoms with Gasteiger partial charge in [-0.2, -0.15) is 18.3 Å². The summed E-state index contributed by atoms with van der Waals surface area (Å²) in [6, 6.07) is 2.37. The average molecular weight is 438 g/mol. The summed E-state index contributed by atoms with van der Waals surface area (Å²) in [7, 11) is 0. The van der Waals surface area contributed by atoms with Crippen LogP contribution in [0.5, 0.6) is 0 Å². The molecule has 1 unspecified atom stereocenters. The van der Waals surface area contributed by atoms with E-state index in [0.29, 0.717) is 25.3 Å². The zero-order valence-electron chi connectivity index (χ0n) is 16.1. The predicted molar refractivity (Wildman–Crippen MR) is 104 cm³/mol. The largest absolute Gasteiger partial charge is 0.411 e. The molecular formula is C19H18F4N6O2. The Kier molecular flexibility index (Phi) is 5.83. The lowest BCUT2D eigenvalue weighted by molar-refractivity contribution is -0.145. The first-order valence-electron chi connectivity index (χ1n) is 9.44. The zero-order valence-corrected chi connectivity index (χ0v) is 16.1. The second-order valence-corrected chi connectivity index (χ2v) is 7.00. The smallest absolute Gasteiger partial charge is 0.371 e. The Hall–Kier alpha value is -3.12. The fourth-order valence-corrected chi connectivity index (χ4v) is 3.23. The fourth-order valence-electron chi connectivity index (χ4n) is 3.23. The number of amides is 1. The van der Waals surface area contributed by atoms with Gasteiger partial charge in [-0.3, -0.25) is 9.79 Å². The van der Waals surface area contributed by atoms with Gasteiger partial charge in [-0.25, -0.2) is 14.1 Å². The minimum Gasteiger partial charge on any atom is -0.371 e. The number of halogens is 4. The van der Waals surface area contributed by atoms with Crippen molar-refractivity contribution in [2.24, 2.45) is 9.98 Å². The van der Waals surface area contributed by atoms with Gasteiger partial charge < -0.3 is 15.4 Å². The SMILES string of the molecule is O=C(Nc1ccc([C@H]2CNCCO2)c(F)c1)c1cnn(C2=NC=NC(C(F)(F)F)C2)c1. The van der Waals surface area contributed by atoms with Crippen LogP contribution in [0.2, 0.25) is 0 Å². The maximum atomic E-state index is 14.5. The van der Waals surface area contributed by atoms with E-state index in [0.717, 1.165) is 11.0 Å². The molecule has 2 aromatic rings.